The van der Waals surface area contributed by atoms with Gasteiger partial charge in [-0.2, -0.15) is 4.31 Å². The number of ether oxygens (including phenoxy) is 2. The molecule has 2 aromatic carbocycles. The van der Waals surface area contributed by atoms with Gasteiger partial charge in [0.25, 0.3) is 0 Å². The molecule has 26 heavy (non-hydrogen) atoms. The molecule has 0 aliphatic carbocycles. The Morgan fingerprint density at radius 2 is 1.77 bits per heavy atom. The predicted molar refractivity (Wildman–Crippen MR) is 99.1 cm³/mol. The van der Waals surface area contributed by atoms with E-state index in [1.54, 1.807) is 12.1 Å². The third-order valence-corrected chi connectivity index (χ3v) is 6.66. The van der Waals surface area contributed by atoms with Crippen molar-refractivity contribution in [1.29, 1.82) is 0 Å². The van der Waals surface area contributed by atoms with Gasteiger partial charge in [0.2, 0.25) is 10.0 Å². The van der Waals surface area contributed by atoms with Gasteiger partial charge in [0.1, 0.15) is 16.4 Å². The number of aromatic nitrogens is 1. The van der Waals surface area contributed by atoms with Crippen molar-refractivity contribution in [2.24, 2.45) is 0 Å². The second kappa shape index (κ2) is 6.34. The third kappa shape index (κ3) is 2.64. The Hall–Kier alpha value is -2.51. The van der Waals surface area contributed by atoms with Crippen LogP contribution in [0.3, 0.4) is 0 Å². The van der Waals surface area contributed by atoms with Crippen LogP contribution in [0.25, 0.3) is 10.9 Å². The molecule has 2 heterocycles. The molecular weight excluding hydrogens is 352 g/mol. The minimum absolute atomic E-state index is 0.129. The highest BCUT2D eigenvalue weighted by molar-refractivity contribution is 7.89. The zero-order valence-corrected chi connectivity index (χ0v) is 15.5. The normalized spacial score (nSPS) is 15.0. The second-order valence-corrected chi connectivity index (χ2v) is 8.11. The van der Waals surface area contributed by atoms with Crippen molar-refractivity contribution in [3.63, 3.8) is 0 Å². The maximum absolute atomic E-state index is 13.2. The van der Waals surface area contributed by atoms with E-state index in [-0.39, 0.29) is 4.90 Å². The lowest BCUT2D eigenvalue weighted by atomic mass is 10.2. The Morgan fingerprint density at radius 1 is 0.962 bits per heavy atom. The largest absolute Gasteiger partial charge is 0.497 e. The summed E-state index contributed by atoms with van der Waals surface area (Å²) in [7, 11) is -0.724. The van der Waals surface area contributed by atoms with E-state index in [4.69, 9.17) is 9.47 Å². The van der Waals surface area contributed by atoms with E-state index in [1.807, 2.05) is 18.2 Å². The molecule has 7 heteroatoms. The fraction of sp³-hybridized carbons (Fsp3) is 0.263. The van der Waals surface area contributed by atoms with E-state index >= 15 is 0 Å². The van der Waals surface area contributed by atoms with Gasteiger partial charge in [0, 0.05) is 30.4 Å². The van der Waals surface area contributed by atoms with Crippen molar-refractivity contribution in [2.45, 2.75) is 18.0 Å². The SMILES string of the molecule is COc1ccc(OC)c(S(=O)(=O)N2CCn3c(cc4ccccc43)C2)c1. The molecule has 136 valence electrons. The maximum atomic E-state index is 13.2. The maximum Gasteiger partial charge on any atom is 0.247 e. The van der Waals surface area contributed by atoms with E-state index in [2.05, 4.69) is 16.7 Å². The summed E-state index contributed by atoms with van der Waals surface area (Å²) < 4.78 is 40.6. The molecule has 6 nitrogen and oxygen atoms in total. The van der Waals surface area contributed by atoms with Crippen molar-refractivity contribution < 1.29 is 17.9 Å². The quantitative estimate of drug-likeness (QED) is 0.707. The van der Waals surface area contributed by atoms with Crippen LogP contribution in [0.15, 0.2) is 53.4 Å². The van der Waals surface area contributed by atoms with Gasteiger partial charge in [0.05, 0.1) is 20.8 Å². The van der Waals surface area contributed by atoms with Crippen molar-refractivity contribution in [3.05, 3.63) is 54.2 Å². The lowest BCUT2D eigenvalue weighted by Crippen LogP contribution is -2.38. The first kappa shape index (κ1) is 16.9. The Kier molecular flexibility index (Phi) is 4.13. The highest BCUT2D eigenvalue weighted by Crippen LogP contribution is 2.33. The minimum Gasteiger partial charge on any atom is -0.497 e. The minimum atomic E-state index is -3.70. The lowest BCUT2D eigenvalue weighted by molar-refractivity contribution is 0.340. The molecule has 0 amide bonds. The zero-order valence-electron chi connectivity index (χ0n) is 14.7. The molecule has 0 unspecified atom stereocenters. The predicted octanol–water partition coefficient (Wildman–Crippen LogP) is 2.86. The Labute approximate surface area is 152 Å². The number of hydrogen-bond donors (Lipinski definition) is 0. The highest BCUT2D eigenvalue weighted by Gasteiger charge is 2.31. The van der Waals surface area contributed by atoms with Gasteiger partial charge in [-0.25, -0.2) is 8.42 Å². The standard InChI is InChI=1S/C19H20N2O4S/c1-24-16-7-8-18(25-2)19(12-16)26(22,23)20-9-10-21-15(13-20)11-14-5-3-4-6-17(14)21/h3-8,11-12H,9-10,13H2,1-2H3. The number of sulfonamides is 1. The molecule has 0 radical (unpaired) electrons. The van der Waals surface area contributed by atoms with Crippen LogP contribution in [-0.4, -0.2) is 38.1 Å². The molecule has 0 saturated carbocycles. The zero-order chi connectivity index (χ0) is 18.3. The summed E-state index contributed by atoms with van der Waals surface area (Å²) in [5.41, 5.74) is 2.13. The monoisotopic (exact) mass is 372 g/mol. The molecule has 3 aromatic rings. The molecule has 0 N–H and O–H groups in total. The van der Waals surface area contributed by atoms with Crippen LogP contribution >= 0.6 is 0 Å². The average Bonchev–Trinajstić information content (AvgIpc) is 3.05. The van der Waals surface area contributed by atoms with Crippen LogP contribution < -0.4 is 9.47 Å². The van der Waals surface area contributed by atoms with E-state index < -0.39 is 10.0 Å². The summed E-state index contributed by atoms with van der Waals surface area (Å²) >= 11 is 0. The number of nitrogens with zero attached hydrogens (tertiary/aromatic N) is 2. The van der Waals surface area contributed by atoms with Gasteiger partial charge in [-0.15, -0.1) is 0 Å². The number of rotatable bonds is 4. The van der Waals surface area contributed by atoms with Crippen LogP contribution in [-0.2, 0) is 23.1 Å². The van der Waals surface area contributed by atoms with E-state index in [1.165, 1.54) is 24.6 Å². The first-order valence-corrected chi connectivity index (χ1v) is 9.78. The van der Waals surface area contributed by atoms with E-state index in [0.717, 1.165) is 16.6 Å². The number of fused-ring (bicyclic) bond motifs is 3. The smallest absolute Gasteiger partial charge is 0.247 e. The van der Waals surface area contributed by atoms with E-state index in [9.17, 15) is 8.42 Å². The summed E-state index contributed by atoms with van der Waals surface area (Å²) in [5, 5.41) is 1.13. The van der Waals surface area contributed by atoms with Crippen molar-refractivity contribution in [1.82, 2.24) is 8.87 Å². The van der Waals surface area contributed by atoms with Gasteiger partial charge < -0.3 is 14.0 Å². The topological polar surface area (TPSA) is 60.8 Å². The summed E-state index contributed by atoms with van der Waals surface area (Å²) in [5.74, 6) is 0.799. The second-order valence-electron chi connectivity index (χ2n) is 6.20. The van der Waals surface area contributed by atoms with Gasteiger partial charge >= 0.3 is 0 Å². The number of para-hydroxylation sites is 1. The van der Waals surface area contributed by atoms with Crippen molar-refractivity contribution >= 4 is 20.9 Å². The van der Waals surface area contributed by atoms with Crippen LogP contribution in [0, 0.1) is 0 Å². The molecule has 0 atom stereocenters. The van der Waals surface area contributed by atoms with Crippen LogP contribution in [0.1, 0.15) is 5.69 Å². The lowest BCUT2D eigenvalue weighted by Gasteiger charge is -2.28. The molecule has 1 aliphatic rings. The number of benzene rings is 2. The van der Waals surface area contributed by atoms with Crippen molar-refractivity contribution in [2.75, 3.05) is 20.8 Å². The Balaban J connectivity index is 1.74. The molecular formula is C19H20N2O4S. The van der Waals surface area contributed by atoms with Gasteiger partial charge in [-0.1, -0.05) is 18.2 Å². The van der Waals surface area contributed by atoms with Crippen molar-refractivity contribution in [3.8, 4) is 11.5 Å². The molecule has 0 saturated heterocycles. The fourth-order valence-electron chi connectivity index (χ4n) is 3.46. The first-order chi connectivity index (χ1) is 12.5. The summed E-state index contributed by atoms with van der Waals surface area (Å²) in [6, 6.07) is 15.0. The average molecular weight is 372 g/mol. The van der Waals surface area contributed by atoms with Crippen LogP contribution in [0.4, 0.5) is 0 Å². The Morgan fingerprint density at radius 3 is 2.54 bits per heavy atom. The number of methoxy groups -OCH3 is 2. The van der Waals surface area contributed by atoms with Gasteiger partial charge in [-0.05, 0) is 29.7 Å². The number of hydrogen-bond acceptors (Lipinski definition) is 4. The molecule has 0 bridgehead atoms. The fourth-order valence-corrected chi connectivity index (χ4v) is 5.04. The molecule has 4 rings (SSSR count). The van der Waals surface area contributed by atoms with Gasteiger partial charge in [0.15, 0.2) is 0 Å². The summed E-state index contributed by atoms with van der Waals surface area (Å²) in [4.78, 5) is 0.129. The van der Waals surface area contributed by atoms with Gasteiger partial charge in [-0.3, -0.25) is 0 Å². The van der Waals surface area contributed by atoms with Crippen LogP contribution in [0.5, 0.6) is 11.5 Å². The van der Waals surface area contributed by atoms with E-state index in [0.29, 0.717) is 31.1 Å². The molecule has 0 fully saturated rings. The summed E-state index contributed by atoms with van der Waals surface area (Å²) in [6.45, 7) is 1.36. The van der Waals surface area contributed by atoms with Crippen LogP contribution in [0.2, 0.25) is 0 Å². The molecule has 1 aromatic heterocycles. The highest BCUT2D eigenvalue weighted by atomic mass is 32.2. The summed E-state index contributed by atoms with van der Waals surface area (Å²) in [6.07, 6.45) is 0. The third-order valence-electron chi connectivity index (χ3n) is 4.80. The molecule has 1 aliphatic heterocycles. The first-order valence-electron chi connectivity index (χ1n) is 8.34. The molecule has 0 spiro atoms. The Bertz CT molecular complexity index is 1070.